The van der Waals surface area contributed by atoms with Gasteiger partial charge in [-0.15, -0.1) is 0 Å². The van der Waals surface area contributed by atoms with Gasteiger partial charge in [-0.05, 0) is 20.8 Å². The van der Waals surface area contributed by atoms with E-state index in [0.29, 0.717) is 0 Å². The second-order valence-electron chi connectivity index (χ2n) is 4.73. The summed E-state index contributed by atoms with van der Waals surface area (Å²) in [6.45, 7) is 10.9. The number of aryl methyl sites for hydroxylation is 3. The highest BCUT2D eigenvalue weighted by Crippen LogP contribution is 2.06. The van der Waals surface area contributed by atoms with E-state index >= 15 is 0 Å². The predicted molar refractivity (Wildman–Crippen MR) is 75.1 cm³/mol. The van der Waals surface area contributed by atoms with Gasteiger partial charge in [0.15, 0.2) is 0 Å². The highest BCUT2D eigenvalue weighted by molar-refractivity contribution is 5.27. The molecule has 1 aromatic rings. The minimum Gasteiger partial charge on any atom is -0.0654 e. The third-order valence-corrected chi connectivity index (χ3v) is 2.57. The van der Waals surface area contributed by atoms with Crippen molar-refractivity contribution in [1.82, 2.24) is 0 Å². The molecular weight excluding hydrogens is 192 g/mol. The topological polar surface area (TPSA) is 0 Å². The van der Waals surface area contributed by atoms with Crippen LogP contribution >= 0.6 is 0 Å². The first kappa shape index (κ1) is 15.2. The third kappa shape index (κ3) is 8.52. The molecule has 0 unspecified atom stereocenters. The van der Waals surface area contributed by atoms with Crippen LogP contribution in [0.3, 0.4) is 0 Å². The Balaban J connectivity index is 0.000000293. The van der Waals surface area contributed by atoms with E-state index in [1.807, 2.05) is 0 Å². The normalized spacial score (nSPS) is 9.56. The largest absolute Gasteiger partial charge is 0.0654 e. The fourth-order valence-corrected chi connectivity index (χ4v) is 1.88. The Morgan fingerprint density at radius 3 is 1.19 bits per heavy atom. The Hall–Kier alpha value is -0.780. The molecule has 16 heavy (non-hydrogen) atoms. The van der Waals surface area contributed by atoms with Crippen LogP contribution in [0.1, 0.15) is 62.6 Å². The minimum atomic E-state index is 1.35. The molecular formula is C16H28. The Kier molecular flexibility index (Phi) is 8.99. The molecule has 0 heterocycles. The molecule has 0 N–H and O–H groups in total. The molecule has 0 amide bonds. The lowest BCUT2D eigenvalue weighted by Crippen LogP contribution is -1.78. The minimum absolute atomic E-state index is 1.35. The molecule has 1 rings (SSSR count). The van der Waals surface area contributed by atoms with Crippen molar-refractivity contribution < 1.29 is 0 Å². The van der Waals surface area contributed by atoms with Crippen LogP contribution < -0.4 is 0 Å². The molecule has 0 saturated heterocycles. The van der Waals surface area contributed by atoms with Crippen LogP contribution in [0.4, 0.5) is 0 Å². The number of unbranched alkanes of at least 4 members (excludes halogenated alkanes) is 4. The molecule has 92 valence electrons. The van der Waals surface area contributed by atoms with Crippen molar-refractivity contribution >= 4 is 0 Å². The van der Waals surface area contributed by atoms with Gasteiger partial charge in [-0.25, -0.2) is 0 Å². The second-order valence-corrected chi connectivity index (χ2v) is 4.73. The maximum Gasteiger partial charge on any atom is -0.0398 e. The van der Waals surface area contributed by atoms with Gasteiger partial charge >= 0.3 is 0 Å². The van der Waals surface area contributed by atoms with Crippen LogP contribution in [0, 0.1) is 20.8 Å². The monoisotopic (exact) mass is 220 g/mol. The van der Waals surface area contributed by atoms with Gasteiger partial charge in [0.2, 0.25) is 0 Å². The Morgan fingerprint density at radius 2 is 0.938 bits per heavy atom. The first-order valence-corrected chi connectivity index (χ1v) is 6.65. The lowest BCUT2D eigenvalue weighted by molar-refractivity contribution is 0.656. The van der Waals surface area contributed by atoms with Crippen molar-refractivity contribution in [2.75, 3.05) is 0 Å². The third-order valence-electron chi connectivity index (χ3n) is 2.57. The van der Waals surface area contributed by atoms with Crippen molar-refractivity contribution in [2.45, 2.75) is 66.7 Å². The molecule has 0 heteroatoms. The summed E-state index contributed by atoms with van der Waals surface area (Å²) in [5.74, 6) is 0. The van der Waals surface area contributed by atoms with Gasteiger partial charge in [0.05, 0.1) is 0 Å². The first-order valence-electron chi connectivity index (χ1n) is 6.65. The summed E-state index contributed by atoms with van der Waals surface area (Å²) in [6, 6.07) is 6.56. The molecule has 0 aliphatic heterocycles. The molecule has 0 spiro atoms. The molecule has 0 saturated carbocycles. The van der Waals surface area contributed by atoms with Crippen LogP contribution in [0.2, 0.25) is 0 Å². The van der Waals surface area contributed by atoms with Crippen LogP contribution in [-0.2, 0) is 0 Å². The molecule has 0 radical (unpaired) electrons. The van der Waals surface area contributed by atoms with Gasteiger partial charge < -0.3 is 0 Å². The summed E-state index contributed by atoms with van der Waals surface area (Å²) in [5.41, 5.74) is 4.06. The number of hydrogen-bond acceptors (Lipinski definition) is 0. The molecule has 0 aromatic heterocycles. The number of benzene rings is 1. The molecule has 0 aliphatic rings. The highest BCUT2D eigenvalue weighted by Gasteiger charge is 1.87. The summed E-state index contributed by atoms with van der Waals surface area (Å²) in [7, 11) is 0. The van der Waals surface area contributed by atoms with Crippen molar-refractivity contribution in [3.8, 4) is 0 Å². The van der Waals surface area contributed by atoms with E-state index in [9.17, 15) is 0 Å². The van der Waals surface area contributed by atoms with Gasteiger partial charge in [0.1, 0.15) is 0 Å². The Labute approximate surface area is 102 Å². The number of hydrogen-bond donors (Lipinski definition) is 0. The van der Waals surface area contributed by atoms with Gasteiger partial charge in [0, 0.05) is 0 Å². The van der Waals surface area contributed by atoms with Crippen LogP contribution in [0.25, 0.3) is 0 Å². The average Bonchev–Trinajstić information content (AvgIpc) is 2.17. The Bertz CT molecular complexity index is 219. The van der Waals surface area contributed by atoms with E-state index in [1.54, 1.807) is 0 Å². The molecule has 0 fully saturated rings. The molecule has 0 aliphatic carbocycles. The van der Waals surface area contributed by atoms with Gasteiger partial charge in [-0.3, -0.25) is 0 Å². The quantitative estimate of drug-likeness (QED) is 0.580. The van der Waals surface area contributed by atoms with Crippen LogP contribution in [-0.4, -0.2) is 0 Å². The Morgan fingerprint density at radius 1 is 0.625 bits per heavy atom. The smallest absolute Gasteiger partial charge is 0.0398 e. The average molecular weight is 220 g/mol. The van der Waals surface area contributed by atoms with Gasteiger partial charge in [-0.2, -0.15) is 0 Å². The van der Waals surface area contributed by atoms with E-state index in [4.69, 9.17) is 0 Å². The summed E-state index contributed by atoms with van der Waals surface area (Å²) in [5, 5.41) is 0. The van der Waals surface area contributed by atoms with E-state index in [2.05, 4.69) is 52.8 Å². The van der Waals surface area contributed by atoms with Crippen LogP contribution in [0.15, 0.2) is 18.2 Å². The van der Waals surface area contributed by atoms with E-state index in [0.717, 1.165) is 0 Å². The zero-order valence-electron chi connectivity index (χ0n) is 11.8. The molecule has 1 aromatic carbocycles. The maximum absolute atomic E-state index is 2.25. The van der Waals surface area contributed by atoms with Crippen molar-refractivity contribution in [2.24, 2.45) is 0 Å². The zero-order chi connectivity index (χ0) is 12.4. The fraction of sp³-hybridized carbons (Fsp3) is 0.625. The molecule has 0 nitrogen and oxygen atoms in total. The van der Waals surface area contributed by atoms with Crippen molar-refractivity contribution in [1.29, 1.82) is 0 Å². The van der Waals surface area contributed by atoms with Gasteiger partial charge in [0.25, 0.3) is 0 Å². The molecule has 0 atom stereocenters. The summed E-state index contributed by atoms with van der Waals surface area (Å²) in [4.78, 5) is 0. The summed E-state index contributed by atoms with van der Waals surface area (Å²) in [6.07, 6.45) is 7.01. The fourth-order valence-electron chi connectivity index (χ4n) is 1.88. The van der Waals surface area contributed by atoms with E-state index in [1.165, 1.54) is 48.8 Å². The summed E-state index contributed by atoms with van der Waals surface area (Å²) >= 11 is 0. The highest BCUT2D eigenvalue weighted by atomic mass is 13.9. The lowest BCUT2D eigenvalue weighted by atomic mass is 10.1. The maximum atomic E-state index is 2.25. The lowest BCUT2D eigenvalue weighted by Gasteiger charge is -1.96. The number of rotatable bonds is 4. The SMILES string of the molecule is CCCCCCC.Cc1cc(C)cc(C)c1. The second kappa shape index (κ2) is 9.45. The predicted octanol–water partition coefficient (Wildman–Crippen LogP) is 5.59. The zero-order valence-corrected chi connectivity index (χ0v) is 11.8. The van der Waals surface area contributed by atoms with Crippen molar-refractivity contribution in [3.63, 3.8) is 0 Å². The van der Waals surface area contributed by atoms with Crippen LogP contribution in [0.5, 0.6) is 0 Å². The standard InChI is InChI=1S/C9H12.C7H16/c1-7-4-8(2)6-9(3)5-7;1-3-5-7-6-4-2/h4-6H,1-3H3;3-7H2,1-2H3. The molecule has 0 bridgehead atoms. The van der Waals surface area contributed by atoms with Crippen molar-refractivity contribution in [3.05, 3.63) is 34.9 Å². The summed E-state index contributed by atoms with van der Waals surface area (Å²) < 4.78 is 0. The van der Waals surface area contributed by atoms with Gasteiger partial charge in [-0.1, -0.05) is 80.8 Å². The van der Waals surface area contributed by atoms with E-state index < -0.39 is 0 Å². The van der Waals surface area contributed by atoms with E-state index in [-0.39, 0.29) is 0 Å². The first-order chi connectivity index (χ1) is 7.60.